The van der Waals surface area contributed by atoms with Gasteiger partial charge in [-0.1, -0.05) is 0 Å². The zero-order chi connectivity index (χ0) is 85.9. The lowest BCUT2D eigenvalue weighted by Gasteiger charge is -2.51. The molecule has 10 heterocycles. The number of rotatable bonds is 31. The van der Waals surface area contributed by atoms with Crippen molar-refractivity contribution >= 4 is 11.8 Å². The average molecular weight is 1720 g/mol. The van der Waals surface area contributed by atoms with E-state index in [1.807, 2.05) is 0 Å². The molecule has 10 rings (SSSR count). The lowest BCUT2D eigenvalue weighted by molar-refractivity contribution is -0.408. The van der Waals surface area contributed by atoms with Crippen molar-refractivity contribution in [1.29, 1.82) is 0 Å². The summed E-state index contributed by atoms with van der Waals surface area (Å²) in [6, 6.07) is -3.64. The molecule has 0 radical (unpaired) electrons. The van der Waals surface area contributed by atoms with E-state index < -0.39 is 385 Å². The van der Waals surface area contributed by atoms with Gasteiger partial charge in [0.2, 0.25) is 11.8 Å². The van der Waals surface area contributed by atoms with Crippen molar-refractivity contribution < 1.29 is 253 Å². The Morgan fingerprint density at radius 2 is 0.547 bits per heavy atom. The van der Waals surface area contributed by atoms with E-state index in [4.69, 9.17) is 90.0 Å². The van der Waals surface area contributed by atoms with Crippen LogP contribution in [0.3, 0.4) is 0 Å². The molecule has 0 aromatic heterocycles. The number of amides is 2. The minimum absolute atomic E-state index is 0.806. The maximum Gasteiger partial charge on any atom is 0.217 e. The summed E-state index contributed by atoms with van der Waals surface area (Å²) in [6.45, 7) is -9.30. The molecule has 53 nitrogen and oxygen atoms in total. The van der Waals surface area contributed by atoms with E-state index in [1.165, 1.54) is 0 Å². The molecule has 0 aromatic carbocycles. The molecular weight excluding hydrogens is 1610 g/mol. The Balaban J connectivity index is 1.00. The molecule has 50 atom stereocenters. The van der Waals surface area contributed by atoms with Crippen molar-refractivity contribution in [3.8, 4) is 0 Å². The third-order valence-electron chi connectivity index (χ3n) is 21.6. The fraction of sp³-hybridized carbons (Fsp3) is 0.969. The van der Waals surface area contributed by atoms with Crippen LogP contribution in [0.1, 0.15) is 13.8 Å². The minimum atomic E-state index is -2.64. The Morgan fingerprint density at radius 1 is 0.265 bits per heavy atom. The second kappa shape index (κ2) is 41.9. The summed E-state index contributed by atoms with van der Waals surface area (Å²) in [4.78, 5) is 25.2. The predicted octanol–water partition coefficient (Wildman–Crippen LogP) is -22.5. The van der Waals surface area contributed by atoms with Gasteiger partial charge in [-0.05, 0) is 0 Å². The van der Waals surface area contributed by atoms with Crippen LogP contribution in [0.5, 0.6) is 0 Å². The van der Waals surface area contributed by atoms with Gasteiger partial charge in [-0.2, -0.15) is 0 Å². The van der Waals surface area contributed by atoms with E-state index in [0.717, 1.165) is 13.8 Å². The number of aliphatic hydroxyl groups excluding tert-OH is 30. The topological polar surface area (TPSA) is 840 Å². The van der Waals surface area contributed by atoms with Gasteiger partial charge in [0, 0.05) is 13.8 Å². The van der Waals surface area contributed by atoms with Crippen molar-refractivity contribution in [3.63, 3.8) is 0 Å². The first-order valence-electron chi connectivity index (χ1n) is 37.2. The fourth-order valence-corrected chi connectivity index (χ4v) is 15.0. The highest BCUT2D eigenvalue weighted by atomic mass is 16.8. The van der Waals surface area contributed by atoms with Crippen LogP contribution in [-0.2, 0) is 99.6 Å². The molecule has 10 fully saturated rings. The molecule has 0 spiro atoms. The second-order valence-electron chi connectivity index (χ2n) is 29.5. The zero-order valence-corrected chi connectivity index (χ0v) is 61.9. The molecule has 0 unspecified atom stereocenters. The van der Waals surface area contributed by atoms with E-state index >= 15 is 0 Å². The highest BCUT2D eigenvalue weighted by Gasteiger charge is 2.62. The third-order valence-corrected chi connectivity index (χ3v) is 21.6. The number of hydrogen-bond donors (Lipinski definition) is 32. The highest BCUT2D eigenvalue weighted by molar-refractivity contribution is 5.73. The van der Waals surface area contributed by atoms with Crippen LogP contribution < -0.4 is 10.6 Å². The Kier molecular flexibility index (Phi) is 34.4. The van der Waals surface area contributed by atoms with E-state index in [2.05, 4.69) is 10.6 Å². The molecule has 0 bridgehead atoms. The molecule has 53 heteroatoms. The molecule has 0 saturated carbocycles. The van der Waals surface area contributed by atoms with Gasteiger partial charge in [0.1, 0.15) is 244 Å². The Morgan fingerprint density at radius 3 is 0.966 bits per heavy atom. The first-order valence-corrected chi connectivity index (χ1v) is 37.2. The second-order valence-corrected chi connectivity index (χ2v) is 29.5. The summed E-state index contributed by atoms with van der Waals surface area (Å²) in [5.41, 5.74) is 0. The van der Waals surface area contributed by atoms with Crippen LogP contribution in [0.15, 0.2) is 0 Å². The molecule has 10 aliphatic heterocycles. The highest BCUT2D eigenvalue weighted by Crippen LogP contribution is 2.41. The third kappa shape index (κ3) is 20.7. The molecule has 0 aliphatic carbocycles. The number of hydrogen-bond acceptors (Lipinski definition) is 51. The summed E-state index contributed by atoms with van der Waals surface area (Å²) in [7, 11) is 0. The SMILES string of the molecule is CC(=O)N[C@@H]1[C@@H](O)[C@H](O[C@@H]2O[C@H](CO)[C@@H](O[C@@H]3O[C@H](CO[C@H]4O[C@H](CO[C@H]5O[C@H](CO)[C@@H](O)[C@H](O)[C@@H]5O)[C@@H](O)[C@H](O[C@H]5O[C@H](CO)[C@@H](O)[C@H](O)[C@@H]5O[C@H]5O[C@@H]([C@H](O)CO)[C@H](O)[C@H]5O)[C@@H]4O)[C@@H](O)[C@H](O[C@H]4O[C@H](CO)[C@@H](O)[C@H](O)[C@@H]4O[C@H]4O[C@H](CO)[C@@H](O)[C@H](O)[C@@H]4O[C@H]4O[C@H](CO)[C@@H](O)[C@H](O)[C@@H]4O)[C@@H]3O)[C@H](O)[C@H]2NC(C)=O)[C@@H](CO)O[C@H]1O. The number of nitrogens with one attached hydrogen (secondary N) is 2. The number of aliphatic hydroxyl groups is 30. The Bertz CT molecular complexity index is 3050. The van der Waals surface area contributed by atoms with E-state index in [0.29, 0.717) is 0 Å². The van der Waals surface area contributed by atoms with Crippen molar-refractivity contribution in [2.75, 3.05) is 66.1 Å². The van der Waals surface area contributed by atoms with Crippen LogP contribution in [0.25, 0.3) is 0 Å². The van der Waals surface area contributed by atoms with Crippen molar-refractivity contribution in [2.24, 2.45) is 0 Å². The van der Waals surface area contributed by atoms with Gasteiger partial charge in [-0.3, -0.25) is 9.59 Å². The smallest absolute Gasteiger partial charge is 0.217 e. The lowest BCUT2D eigenvalue weighted by atomic mass is 9.94. The summed E-state index contributed by atoms with van der Waals surface area (Å²) in [6.07, 6.45) is -104. The summed E-state index contributed by atoms with van der Waals surface area (Å²) in [5, 5.41) is 336. The molecule has 10 aliphatic rings. The number of carbonyl (C=O) groups is 2. The molecule has 10 saturated heterocycles. The van der Waals surface area contributed by atoms with Crippen molar-refractivity contribution in [3.05, 3.63) is 0 Å². The summed E-state index contributed by atoms with van der Waals surface area (Å²) < 4.78 is 111. The van der Waals surface area contributed by atoms with Gasteiger partial charge in [0.05, 0.1) is 66.1 Å². The largest absolute Gasteiger partial charge is 0.394 e. The molecule has 2 amide bonds. The van der Waals surface area contributed by atoms with Gasteiger partial charge in [-0.25, -0.2) is 0 Å². The van der Waals surface area contributed by atoms with Gasteiger partial charge < -0.3 is 254 Å². The first-order chi connectivity index (χ1) is 55.4. The average Bonchev–Trinajstić information content (AvgIpc) is 1.15. The van der Waals surface area contributed by atoms with Gasteiger partial charge in [-0.15, -0.1) is 0 Å². The Hall–Kier alpha value is -3.02. The summed E-state index contributed by atoms with van der Waals surface area (Å²) >= 11 is 0. The van der Waals surface area contributed by atoms with E-state index in [1.54, 1.807) is 0 Å². The number of ether oxygens (including phenoxy) is 19. The first kappa shape index (κ1) is 96.2. The van der Waals surface area contributed by atoms with Crippen LogP contribution in [0, 0.1) is 0 Å². The van der Waals surface area contributed by atoms with Gasteiger partial charge >= 0.3 is 0 Å². The maximum absolute atomic E-state index is 13.0. The maximum atomic E-state index is 13.0. The number of carbonyl (C=O) groups excluding carboxylic acids is 2. The Labute approximate surface area is 660 Å². The summed E-state index contributed by atoms with van der Waals surface area (Å²) in [5.74, 6) is -1.78. The predicted molar refractivity (Wildman–Crippen MR) is 353 cm³/mol. The van der Waals surface area contributed by atoms with Crippen molar-refractivity contribution in [2.45, 2.75) is 321 Å². The van der Waals surface area contributed by atoms with Crippen LogP contribution in [-0.4, -0.2) is 538 Å². The van der Waals surface area contributed by atoms with Crippen LogP contribution in [0.4, 0.5) is 0 Å². The van der Waals surface area contributed by atoms with Gasteiger partial charge in [0.25, 0.3) is 0 Å². The van der Waals surface area contributed by atoms with E-state index in [9.17, 15) is 163 Å². The minimum Gasteiger partial charge on any atom is -0.394 e. The quantitative estimate of drug-likeness (QED) is 0.0306. The van der Waals surface area contributed by atoms with Crippen LogP contribution >= 0.6 is 0 Å². The van der Waals surface area contributed by atoms with E-state index in [-0.39, 0.29) is 0 Å². The molecule has 0 aromatic rings. The lowest BCUT2D eigenvalue weighted by Crippen LogP contribution is -2.70. The monoisotopic (exact) mass is 1720 g/mol. The van der Waals surface area contributed by atoms with Crippen molar-refractivity contribution in [1.82, 2.24) is 10.6 Å². The molecule has 32 N–H and O–H groups in total. The molecular formula is C64H108N2O51. The molecule has 117 heavy (non-hydrogen) atoms. The normalized spacial score (nSPS) is 51.0. The standard InChI is InChI=1S/C64H108N2O51/c1-13(75)65-25-34(85)48(21(9-73)101-55(25)98)111-56-26(66-14(2)76)35(86)49(22(10-74)107-56)112-61-46(97)51(114-63-54(40(91)31(82)19(7-71)105-63)117-64-53(39(90)30(81)20(8-72)106-64)115-59-43(94)37(88)28(79)17(5-69)103-59)33(84)24(109-61)12-100-58-45(96)50(32(83)23(108-58)11-99-57-42(93)36(87)27(78)16(4-68)102-57)113-62-52(38(89)29(80)18(6-70)104-62)116-60-44(95)41(92)47(110-60)15(77)3-67/h15-64,67-74,77-98H,3-12H2,1-2H3,(H,65,75)(H,66,76)/t15-,16-,17-,18-,19-,20-,21-,22-,23-,24-,25-,26-,27-,28-,29-,30-,31-,32-,33-,34-,35-,36+,37+,38+,39+,40+,41-,42+,43+,44-,45+,46+,47+,48-,49-,50+,51+,52+,53+,54+,55-,56+,57+,58+,59-,60-,61+,62-,63-,64-/m1/s1. The zero-order valence-electron chi connectivity index (χ0n) is 61.9. The van der Waals surface area contributed by atoms with Crippen LogP contribution in [0.2, 0.25) is 0 Å². The van der Waals surface area contributed by atoms with Gasteiger partial charge in [0.15, 0.2) is 62.9 Å². The molecule has 680 valence electrons. The fourth-order valence-electron chi connectivity index (χ4n) is 15.0.